The molecule has 5 nitrogen and oxygen atoms in total. The standard InChI is InChI=1S/C22H27NO4/c1-25-19-9-5-6-10-20(19)26-15-18-13-14-21(27-18)22(24)23(17-11-12-17)16-7-3-2-4-8-16/h5-6,9-10,13-14,16-17H,2-4,7-8,11-12,15H2,1H3. The summed E-state index contributed by atoms with van der Waals surface area (Å²) in [7, 11) is 1.61. The van der Waals surface area contributed by atoms with E-state index in [1.54, 1.807) is 13.2 Å². The summed E-state index contributed by atoms with van der Waals surface area (Å²) in [4.78, 5) is 15.2. The summed E-state index contributed by atoms with van der Waals surface area (Å²) in [6.07, 6.45) is 8.20. The lowest BCUT2D eigenvalue weighted by molar-refractivity contribution is 0.0577. The normalized spacial score (nSPS) is 17.5. The Kier molecular flexibility index (Phi) is 5.37. The van der Waals surface area contributed by atoms with Crippen LogP contribution in [0.15, 0.2) is 40.8 Å². The first-order valence-electron chi connectivity index (χ1n) is 9.93. The van der Waals surface area contributed by atoms with Gasteiger partial charge >= 0.3 is 0 Å². The maximum absolute atomic E-state index is 13.1. The van der Waals surface area contributed by atoms with E-state index in [2.05, 4.69) is 4.90 Å². The highest BCUT2D eigenvalue weighted by molar-refractivity contribution is 5.92. The van der Waals surface area contributed by atoms with Crippen molar-refractivity contribution < 1.29 is 18.7 Å². The number of hydrogen-bond acceptors (Lipinski definition) is 4. The maximum Gasteiger partial charge on any atom is 0.290 e. The number of ether oxygens (including phenoxy) is 2. The zero-order valence-corrected chi connectivity index (χ0v) is 15.9. The van der Waals surface area contributed by atoms with E-state index in [0.717, 1.165) is 25.7 Å². The third kappa shape index (κ3) is 4.12. The minimum atomic E-state index is 0.0351. The molecule has 4 rings (SSSR count). The molecule has 0 radical (unpaired) electrons. The molecule has 5 heteroatoms. The van der Waals surface area contributed by atoms with E-state index in [4.69, 9.17) is 13.9 Å². The van der Waals surface area contributed by atoms with Gasteiger partial charge in [-0.25, -0.2) is 0 Å². The number of rotatable bonds is 7. The molecular formula is C22H27NO4. The number of amides is 1. The SMILES string of the molecule is COc1ccccc1OCc1ccc(C(=O)N(C2CCCCC2)C2CC2)o1. The third-order valence-corrected chi connectivity index (χ3v) is 5.45. The van der Waals surface area contributed by atoms with Gasteiger partial charge in [-0.3, -0.25) is 4.79 Å². The van der Waals surface area contributed by atoms with Gasteiger partial charge in [0.05, 0.1) is 7.11 Å². The molecule has 1 aromatic carbocycles. The molecule has 0 atom stereocenters. The monoisotopic (exact) mass is 369 g/mol. The molecule has 2 aliphatic carbocycles. The minimum Gasteiger partial charge on any atom is -0.493 e. The van der Waals surface area contributed by atoms with Gasteiger partial charge in [-0.2, -0.15) is 0 Å². The van der Waals surface area contributed by atoms with E-state index in [1.807, 2.05) is 30.3 Å². The van der Waals surface area contributed by atoms with Crippen LogP contribution in [0, 0.1) is 0 Å². The second-order valence-electron chi connectivity index (χ2n) is 7.44. The molecule has 0 saturated heterocycles. The predicted molar refractivity (Wildman–Crippen MR) is 102 cm³/mol. The second kappa shape index (κ2) is 8.07. The number of methoxy groups -OCH3 is 1. The van der Waals surface area contributed by atoms with Crippen molar-refractivity contribution in [3.05, 3.63) is 47.9 Å². The van der Waals surface area contributed by atoms with E-state index in [-0.39, 0.29) is 12.5 Å². The molecule has 2 aromatic rings. The molecular weight excluding hydrogens is 342 g/mol. The van der Waals surface area contributed by atoms with E-state index in [9.17, 15) is 4.79 Å². The van der Waals surface area contributed by atoms with Crippen molar-refractivity contribution in [3.63, 3.8) is 0 Å². The van der Waals surface area contributed by atoms with Gasteiger partial charge in [0.2, 0.25) is 0 Å². The summed E-state index contributed by atoms with van der Waals surface area (Å²) in [6, 6.07) is 11.9. The van der Waals surface area contributed by atoms with Gasteiger partial charge < -0.3 is 18.8 Å². The van der Waals surface area contributed by atoms with Gasteiger partial charge in [-0.15, -0.1) is 0 Å². The largest absolute Gasteiger partial charge is 0.493 e. The van der Waals surface area contributed by atoms with Gasteiger partial charge in [0, 0.05) is 12.1 Å². The van der Waals surface area contributed by atoms with Crippen molar-refractivity contribution in [2.75, 3.05) is 7.11 Å². The van der Waals surface area contributed by atoms with Crippen LogP contribution in [0.25, 0.3) is 0 Å². The highest BCUT2D eigenvalue weighted by Gasteiger charge is 2.39. The number of para-hydroxylation sites is 2. The highest BCUT2D eigenvalue weighted by Crippen LogP contribution is 2.35. The molecule has 0 spiro atoms. The van der Waals surface area contributed by atoms with Crippen molar-refractivity contribution in [1.82, 2.24) is 4.90 Å². The molecule has 27 heavy (non-hydrogen) atoms. The lowest BCUT2D eigenvalue weighted by Crippen LogP contribution is -2.42. The summed E-state index contributed by atoms with van der Waals surface area (Å²) < 4.78 is 16.9. The van der Waals surface area contributed by atoms with Crippen LogP contribution >= 0.6 is 0 Å². The Morgan fingerprint density at radius 1 is 1.00 bits per heavy atom. The molecule has 1 heterocycles. The van der Waals surface area contributed by atoms with Crippen molar-refractivity contribution in [2.24, 2.45) is 0 Å². The number of benzene rings is 1. The van der Waals surface area contributed by atoms with Crippen LogP contribution in [0.2, 0.25) is 0 Å². The second-order valence-corrected chi connectivity index (χ2v) is 7.44. The quantitative estimate of drug-likeness (QED) is 0.703. The average molecular weight is 369 g/mol. The zero-order valence-electron chi connectivity index (χ0n) is 15.9. The molecule has 1 amide bonds. The summed E-state index contributed by atoms with van der Waals surface area (Å²) in [5.41, 5.74) is 0. The Morgan fingerprint density at radius 2 is 1.70 bits per heavy atom. The van der Waals surface area contributed by atoms with Crippen LogP contribution in [0.3, 0.4) is 0 Å². The Labute approximate surface area is 160 Å². The highest BCUT2D eigenvalue weighted by atomic mass is 16.5. The Hall–Kier alpha value is -2.43. The van der Waals surface area contributed by atoms with Gasteiger partial charge in [0.15, 0.2) is 17.3 Å². The van der Waals surface area contributed by atoms with Crippen LogP contribution in [0.1, 0.15) is 61.3 Å². The lowest BCUT2D eigenvalue weighted by atomic mass is 9.94. The van der Waals surface area contributed by atoms with Gasteiger partial charge in [0.1, 0.15) is 12.4 Å². The van der Waals surface area contributed by atoms with E-state index >= 15 is 0 Å². The summed E-state index contributed by atoms with van der Waals surface area (Å²) in [6.45, 7) is 0.264. The summed E-state index contributed by atoms with van der Waals surface area (Å²) in [5.74, 6) is 2.44. The van der Waals surface area contributed by atoms with Gasteiger partial charge in [0.25, 0.3) is 5.91 Å². The molecule has 2 aliphatic rings. The number of carbonyl (C=O) groups excluding carboxylic acids is 1. The molecule has 1 aromatic heterocycles. The van der Waals surface area contributed by atoms with Crippen molar-refractivity contribution in [1.29, 1.82) is 0 Å². The molecule has 144 valence electrons. The predicted octanol–water partition coefficient (Wildman–Crippen LogP) is 4.80. The Balaban J connectivity index is 1.42. The summed E-state index contributed by atoms with van der Waals surface area (Å²) >= 11 is 0. The van der Waals surface area contributed by atoms with E-state index in [1.165, 1.54) is 19.3 Å². The average Bonchev–Trinajstić information content (AvgIpc) is 3.43. The smallest absolute Gasteiger partial charge is 0.290 e. The zero-order chi connectivity index (χ0) is 18.6. The van der Waals surface area contributed by atoms with Crippen LogP contribution in [0.4, 0.5) is 0 Å². The molecule has 2 saturated carbocycles. The fourth-order valence-electron chi connectivity index (χ4n) is 3.93. The maximum atomic E-state index is 13.1. The van der Waals surface area contributed by atoms with E-state index < -0.39 is 0 Å². The number of furan rings is 1. The van der Waals surface area contributed by atoms with Crippen LogP contribution < -0.4 is 9.47 Å². The first kappa shape index (κ1) is 18.0. The molecule has 0 N–H and O–H groups in total. The number of carbonyl (C=O) groups is 1. The fourth-order valence-corrected chi connectivity index (χ4v) is 3.93. The van der Waals surface area contributed by atoms with Crippen molar-refractivity contribution >= 4 is 5.91 Å². The van der Waals surface area contributed by atoms with Crippen LogP contribution in [0.5, 0.6) is 11.5 Å². The molecule has 0 bridgehead atoms. The number of nitrogens with zero attached hydrogens (tertiary/aromatic N) is 1. The fraction of sp³-hybridized carbons (Fsp3) is 0.500. The Bertz CT molecular complexity index is 774. The molecule has 2 fully saturated rings. The van der Waals surface area contributed by atoms with Crippen LogP contribution in [-0.2, 0) is 6.61 Å². The lowest BCUT2D eigenvalue weighted by Gasteiger charge is -2.34. The first-order valence-corrected chi connectivity index (χ1v) is 9.93. The topological polar surface area (TPSA) is 51.9 Å². The molecule has 0 aliphatic heterocycles. The van der Waals surface area contributed by atoms with Gasteiger partial charge in [-0.05, 0) is 49.9 Å². The number of hydrogen-bond donors (Lipinski definition) is 0. The van der Waals surface area contributed by atoms with Crippen molar-refractivity contribution in [2.45, 2.75) is 63.6 Å². The summed E-state index contributed by atoms with van der Waals surface area (Å²) in [5, 5.41) is 0. The van der Waals surface area contributed by atoms with E-state index in [0.29, 0.717) is 35.1 Å². The Morgan fingerprint density at radius 3 is 2.41 bits per heavy atom. The molecule has 0 unspecified atom stereocenters. The van der Waals surface area contributed by atoms with Crippen LogP contribution in [-0.4, -0.2) is 30.0 Å². The first-order chi connectivity index (χ1) is 13.3. The van der Waals surface area contributed by atoms with Crippen molar-refractivity contribution in [3.8, 4) is 11.5 Å². The minimum absolute atomic E-state index is 0.0351. The van der Waals surface area contributed by atoms with Gasteiger partial charge in [-0.1, -0.05) is 31.4 Å². The third-order valence-electron chi connectivity index (χ3n) is 5.45.